The van der Waals surface area contributed by atoms with Crippen molar-refractivity contribution in [2.45, 2.75) is 20.3 Å². The molecule has 0 aliphatic carbocycles. The molecule has 1 aromatic heterocycles. The van der Waals surface area contributed by atoms with Gasteiger partial charge in [0.15, 0.2) is 0 Å². The Morgan fingerprint density at radius 2 is 2.10 bits per heavy atom. The Balaban J connectivity index is 2.07. The molecule has 0 bridgehead atoms. The number of nitrogens with zero attached hydrogens (tertiary/aromatic N) is 1. The number of rotatable bonds is 5. The standard InChI is InChI=1S/C16H18BrN3O/c1-3-8-18-16(21)15-7-5-13(10-19-15)20-14-6-4-12(17)9-11(14)2/h4-7,9-10,20H,3,8H2,1-2H3,(H,18,21). The van der Waals surface area contributed by atoms with Gasteiger partial charge in [0.25, 0.3) is 5.91 Å². The Morgan fingerprint density at radius 1 is 1.29 bits per heavy atom. The third kappa shape index (κ3) is 4.29. The predicted octanol–water partition coefficient (Wildman–Crippen LogP) is 4.04. The number of carbonyl (C=O) groups excluding carboxylic acids is 1. The molecule has 1 heterocycles. The van der Waals surface area contributed by atoms with E-state index in [1.165, 1.54) is 0 Å². The third-order valence-corrected chi connectivity index (χ3v) is 3.49. The van der Waals surface area contributed by atoms with Gasteiger partial charge in [-0.2, -0.15) is 0 Å². The predicted molar refractivity (Wildman–Crippen MR) is 89.0 cm³/mol. The molecular formula is C16H18BrN3O. The summed E-state index contributed by atoms with van der Waals surface area (Å²) in [5, 5.41) is 6.10. The van der Waals surface area contributed by atoms with Crippen molar-refractivity contribution in [2.24, 2.45) is 0 Å². The van der Waals surface area contributed by atoms with Crippen LogP contribution in [0.15, 0.2) is 41.0 Å². The van der Waals surface area contributed by atoms with Crippen LogP contribution in [0.5, 0.6) is 0 Å². The molecule has 110 valence electrons. The van der Waals surface area contributed by atoms with Crippen LogP contribution in [0, 0.1) is 6.92 Å². The van der Waals surface area contributed by atoms with Crippen LogP contribution in [0.25, 0.3) is 0 Å². The number of aryl methyl sites for hydroxylation is 1. The minimum atomic E-state index is -0.136. The molecule has 5 heteroatoms. The van der Waals surface area contributed by atoms with Gasteiger partial charge in [0, 0.05) is 16.7 Å². The molecule has 1 amide bonds. The average Bonchev–Trinajstić information content (AvgIpc) is 2.48. The van der Waals surface area contributed by atoms with Gasteiger partial charge in [0.2, 0.25) is 0 Å². The zero-order valence-corrected chi connectivity index (χ0v) is 13.7. The van der Waals surface area contributed by atoms with Crippen molar-refractivity contribution in [3.05, 3.63) is 52.3 Å². The number of pyridine rings is 1. The number of nitrogens with one attached hydrogen (secondary N) is 2. The second kappa shape index (κ2) is 7.22. The highest BCUT2D eigenvalue weighted by Crippen LogP contribution is 2.23. The number of halogens is 1. The van der Waals surface area contributed by atoms with Crippen LogP contribution in [0.2, 0.25) is 0 Å². The Morgan fingerprint density at radius 3 is 2.71 bits per heavy atom. The first kappa shape index (κ1) is 15.5. The number of hydrogen-bond donors (Lipinski definition) is 2. The molecule has 0 radical (unpaired) electrons. The summed E-state index contributed by atoms with van der Waals surface area (Å²) in [5.41, 5.74) is 3.44. The van der Waals surface area contributed by atoms with Gasteiger partial charge in [0.05, 0.1) is 11.9 Å². The molecule has 2 aromatic rings. The molecule has 21 heavy (non-hydrogen) atoms. The van der Waals surface area contributed by atoms with Gasteiger partial charge in [-0.1, -0.05) is 22.9 Å². The molecule has 4 nitrogen and oxygen atoms in total. The van der Waals surface area contributed by atoms with Crippen molar-refractivity contribution < 1.29 is 4.79 Å². The maximum absolute atomic E-state index is 11.8. The van der Waals surface area contributed by atoms with E-state index in [-0.39, 0.29) is 5.91 Å². The number of aromatic nitrogens is 1. The van der Waals surface area contributed by atoms with Crippen molar-refractivity contribution in [3.8, 4) is 0 Å². The van der Waals surface area contributed by atoms with E-state index in [0.29, 0.717) is 12.2 Å². The fraction of sp³-hybridized carbons (Fsp3) is 0.250. The van der Waals surface area contributed by atoms with Crippen molar-refractivity contribution in [2.75, 3.05) is 11.9 Å². The fourth-order valence-electron chi connectivity index (χ4n) is 1.85. The Hall–Kier alpha value is -1.88. The smallest absolute Gasteiger partial charge is 0.269 e. The highest BCUT2D eigenvalue weighted by atomic mass is 79.9. The Kier molecular flexibility index (Phi) is 5.33. The first-order chi connectivity index (χ1) is 10.1. The second-order valence-corrected chi connectivity index (χ2v) is 5.69. The van der Waals surface area contributed by atoms with Crippen LogP contribution < -0.4 is 10.6 Å². The zero-order valence-electron chi connectivity index (χ0n) is 12.1. The molecule has 0 saturated heterocycles. The van der Waals surface area contributed by atoms with Crippen LogP contribution in [-0.4, -0.2) is 17.4 Å². The van der Waals surface area contributed by atoms with Gasteiger partial charge < -0.3 is 10.6 Å². The summed E-state index contributed by atoms with van der Waals surface area (Å²) in [6.07, 6.45) is 2.58. The maximum atomic E-state index is 11.8. The van der Waals surface area contributed by atoms with Crippen LogP contribution in [0.3, 0.4) is 0 Å². The van der Waals surface area contributed by atoms with Gasteiger partial charge in [-0.25, -0.2) is 4.98 Å². The summed E-state index contributed by atoms with van der Waals surface area (Å²) in [5.74, 6) is -0.136. The van der Waals surface area contributed by atoms with Gasteiger partial charge in [-0.05, 0) is 49.2 Å². The van der Waals surface area contributed by atoms with E-state index in [2.05, 4.69) is 31.5 Å². The molecule has 0 saturated carbocycles. The van der Waals surface area contributed by atoms with Gasteiger partial charge in [0.1, 0.15) is 5.69 Å². The first-order valence-corrected chi connectivity index (χ1v) is 7.67. The Bertz CT molecular complexity index is 626. The number of amides is 1. The molecule has 0 unspecified atom stereocenters. The van der Waals surface area contributed by atoms with Gasteiger partial charge >= 0.3 is 0 Å². The SMILES string of the molecule is CCCNC(=O)c1ccc(Nc2ccc(Br)cc2C)cn1. The third-order valence-electron chi connectivity index (χ3n) is 3.00. The molecule has 0 aliphatic heterocycles. The minimum Gasteiger partial charge on any atom is -0.354 e. The number of carbonyl (C=O) groups is 1. The molecular weight excluding hydrogens is 330 g/mol. The second-order valence-electron chi connectivity index (χ2n) is 4.77. The van der Waals surface area contributed by atoms with Crippen LogP contribution in [0.1, 0.15) is 29.4 Å². The van der Waals surface area contributed by atoms with Crippen molar-refractivity contribution in [1.82, 2.24) is 10.3 Å². The molecule has 0 atom stereocenters. The topological polar surface area (TPSA) is 54.0 Å². The van der Waals surface area contributed by atoms with E-state index in [4.69, 9.17) is 0 Å². The molecule has 1 aromatic carbocycles. The quantitative estimate of drug-likeness (QED) is 0.858. The molecule has 0 fully saturated rings. The van der Waals surface area contributed by atoms with Crippen LogP contribution in [0.4, 0.5) is 11.4 Å². The zero-order chi connectivity index (χ0) is 15.2. The van der Waals surface area contributed by atoms with Gasteiger partial charge in [-0.15, -0.1) is 0 Å². The summed E-state index contributed by atoms with van der Waals surface area (Å²) in [6, 6.07) is 9.61. The van der Waals surface area contributed by atoms with E-state index in [9.17, 15) is 4.79 Å². The summed E-state index contributed by atoms with van der Waals surface area (Å²) < 4.78 is 1.05. The van der Waals surface area contributed by atoms with Crippen LogP contribution in [-0.2, 0) is 0 Å². The lowest BCUT2D eigenvalue weighted by atomic mass is 10.2. The summed E-state index contributed by atoms with van der Waals surface area (Å²) >= 11 is 3.44. The largest absolute Gasteiger partial charge is 0.354 e. The lowest BCUT2D eigenvalue weighted by Crippen LogP contribution is -2.24. The molecule has 0 aliphatic rings. The minimum absolute atomic E-state index is 0.136. The number of anilines is 2. The number of benzene rings is 1. The summed E-state index contributed by atoms with van der Waals surface area (Å²) in [7, 11) is 0. The normalized spacial score (nSPS) is 10.2. The van der Waals surface area contributed by atoms with E-state index in [1.54, 1.807) is 12.3 Å². The van der Waals surface area contributed by atoms with E-state index in [0.717, 1.165) is 27.8 Å². The summed E-state index contributed by atoms with van der Waals surface area (Å²) in [4.78, 5) is 16.0. The van der Waals surface area contributed by atoms with Gasteiger partial charge in [-0.3, -0.25) is 4.79 Å². The van der Waals surface area contributed by atoms with E-state index in [1.807, 2.05) is 38.1 Å². The Labute approximate surface area is 133 Å². The molecule has 2 rings (SSSR count). The monoisotopic (exact) mass is 347 g/mol. The summed E-state index contributed by atoms with van der Waals surface area (Å²) in [6.45, 7) is 4.72. The van der Waals surface area contributed by atoms with Crippen molar-refractivity contribution >= 4 is 33.2 Å². The van der Waals surface area contributed by atoms with Crippen molar-refractivity contribution in [1.29, 1.82) is 0 Å². The first-order valence-electron chi connectivity index (χ1n) is 6.87. The van der Waals surface area contributed by atoms with Crippen LogP contribution >= 0.6 is 15.9 Å². The van der Waals surface area contributed by atoms with E-state index >= 15 is 0 Å². The average molecular weight is 348 g/mol. The van der Waals surface area contributed by atoms with Crippen molar-refractivity contribution in [3.63, 3.8) is 0 Å². The van der Waals surface area contributed by atoms with E-state index < -0.39 is 0 Å². The lowest BCUT2D eigenvalue weighted by Gasteiger charge is -2.10. The lowest BCUT2D eigenvalue weighted by molar-refractivity contribution is 0.0949. The fourth-order valence-corrected chi connectivity index (χ4v) is 2.33. The molecule has 2 N–H and O–H groups in total. The maximum Gasteiger partial charge on any atom is 0.269 e. The number of hydrogen-bond acceptors (Lipinski definition) is 3. The highest BCUT2D eigenvalue weighted by molar-refractivity contribution is 9.10. The molecule has 0 spiro atoms. The highest BCUT2D eigenvalue weighted by Gasteiger charge is 2.06.